The third-order valence-corrected chi connectivity index (χ3v) is 5.04. The SMILES string of the molecule is O=C(NCCN1CCOCC1)C(=O)NC[C@@H]1COC2(CCCCC2)O1. The van der Waals surface area contributed by atoms with Crippen molar-refractivity contribution in [1.82, 2.24) is 15.5 Å². The Balaban J connectivity index is 1.30. The smallest absolute Gasteiger partial charge is 0.309 e. The highest BCUT2D eigenvalue weighted by atomic mass is 16.7. The third kappa shape index (κ3) is 5.37. The van der Waals surface area contributed by atoms with Gasteiger partial charge in [-0.25, -0.2) is 0 Å². The predicted octanol–water partition coefficient (Wildman–Crippen LogP) is -0.373. The van der Waals surface area contributed by atoms with E-state index in [-0.39, 0.29) is 6.10 Å². The van der Waals surface area contributed by atoms with Crippen LogP contribution < -0.4 is 10.6 Å². The second kappa shape index (κ2) is 8.93. The van der Waals surface area contributed by atoms with Crippen molar-refractivity contribution in [2.24, 2.45) is 0 Å². The summed E-state index contributed by atoms with van der Waals surface area (Å²) in [6.07, 6.45) is 5.11. The first-order valence-corrected chi connectivity index (χ1v) is 9.35. The van der Waals surface area contributed by atoms with Gasteiger partial charge >= 0.3 is 11.8 Å². The first-order valence-electron chi connectivity index (χ1n) is 9.35. The number of nitrogens with one attached hydrogen (secondary N) is 2. The molecule has 2 saturated heterocycles. The molecule has 0 unspecified atom stereocenters. The van der Waals surface area contributed by atoms with Crippen LogP contribution in [0.4, 0.5) is 0 Å². The summed E-state index contributed by atoms with van der Waals surface area (Å²) in [7, 11) is 0. The highest BCUT2D eigenvalue weighted by Crippen LogP contribution is 2.37. The first-order chi connectivity index (χ1) is 12.2. The van der Waals surface area contributed by atoms with Crippen molar-refractivity contribution >= 4 is 11.8 Å². The summed E-state index contributed by atoms with van der Waals surface area (Å²) < 4.78 is 17.1. The Labute approximate surface area is 148 Å². The van der Waals surface area contributed by atoms with Crippen molar-refractivity contribution < 1.29 is 23.8 Å². The molecule has 8 nitrogen and oxygen atoms in total. The number of hydrogen-bond donors (Lipinski definition) is 2. The summed E-state index contributed by atoms with van der Waals surface area (Å²) in [6.45, 7) is 5.13. The fourth-order valence-corrected chi connectivity index (χ4v) is 3.59. The molecule has 2 N–H and O–H groups in total. The van der Waals surface area contributed by atoms with Gasteiger partial charge < -0.3 is 24.8 Å². The minimum Gasteiger partial charge on any atom is -0.379 e. The molecule has 0 radical (unpaired) electrons. The minimum absolute atomic E-state index is 0.178. The van der Waals surface area contributed by atoms with E-state index in [1.165, 1.54) is 6.42 Å². The normalized spacial score (nSPS) is 26.5. The molecule has 1 saturated carbocycles. The lowest BCUT2D eigenvalue weighted by Crippen LogP contribution is -2.46. The predicted molar refractivity (Wildman–Crippen MR) is 89.9 cm³/mol. The van der Waals surface area contributed by atoms with Crippen LogP contribution in [0.1, 0.15) is 32.1 Å². The molecule has 3 aliphatic rings. The van der Waals surface area contributed by atoms with Gasteiger partial charge in [0.25, 0.3) is 0 Å². The zero-order chi connectivity index (χ0) is 17.5. The molecular weight excluding hydrogens is 326 g/mol. The summed E-state index contributed by atoms with van der Waals surface area (Å²) >= 11 is 0. The van der Waals surface area contributed by atoms with Gasteiger partial charge in [-0.1, -0.05) is 6.42 Å². The molecule has 2 amide bonds. The lowest BCUT2D eigenvalue weighted by molar-refractivity contribution is -0.186. The molecule has 2 aliphatic heterocycles. The van der Waals surface area contributed by atoms with Crippen LogP contribution in [-0.2, 0) is 23.8 Å². The van der Waals surface area contributed by atoms with Gasteiger partial charge in [-0.3, -0.25) is 14.5 Å². The van der Waals surface area contributed by atoms with Crippen LogP contribution in [0.5, 0.6) is 0 Å². The van der Waals surface area contributed by atoms with Gasteiger partial charge in [-0.15, -0.1) is 0 Å². The number of carbonyl (C=O) groups excluding carboxylic acids is 2. The Morgan fingerprint density at radius 2 is 1.76 bits per heavy atom. The van der Waals surface area contributed by atoms with Crippen molar-refractivity contribution in [2.75, 3.05) is 52.5 Å². The van der Waals surface area contributed by atoms with E-state index in [9.17, 15) is 9.59 Å². The maximum atomic E-state index is 11.9. The number of morpholine rings is 1. The maximum absolute atomic E-state index is 11.9. The second-order valence-corrected chi connectivity index (χ2v) is 6.94. The van der Waals surface area contributed by atoms with Crippen LogP contribution in [0.3, 0.4) is 0 Å². The maximum Gasteiger partial charge on any atom is 0.309 e. The lowest BCUT2D eigenvalue weighted by atomic mass is 9.94. The van der Waals surface area contributed by atoms with Gasteiger partial charge in [-0.2, -0.15) is 0 Å². The molecule has 0 bridgehead atoms. The highest BCUT2D eigenvalue weighted by Gasteiger charge is 2.42. The summed E-state index contributed by atoms with van der Waals surface area (Å²) in [5, 5.41) is 5.30. The molecule has 1 spiro atoms. The number of amides is 2. The molecule has 0 aromatic carbocycles. The van der Waals surface area contributed by atoms with Crippen LogP contribution in [0.15, 0.2) is 0 Å². The fraction of sp³-hybridized carbons (Fsp3) is 0.882. The van der Waals surface area contributed by atoms with Gasteiger partial charge in [0.2, 0.25) is 0 Å². The molecule has 142 valence electrons. The zero-order valence-corrected chi connectivity index (χ0v) is 14.8. The van der Waals surface area contributed by atoms with Crippen LogP contribution in [0.2, 0.25) is 0 Å². The molecular formula is C17H29N3O5. The number of carbonyl (C=O) groups is 2. The molecule has 3 rings (SSSR count). The standard InChI is InChI=1S/C17H29N3O5/c21-15(18-6-7-20-8-10-23-11-9-20)16(22)19-12-14-13-24-17(25-14)4-2-1-3-5-17/h14H,1-13H2,(H,18,21)(H,19,22)/t14-/m1/s1. The molecule has 2 heterocycles. The molecule has 8 heteroatoms. The van der Waals surface area contributed by atoms with Gasteiger partial charge in [-0.05, 0) is 12.8 Å². The minimum atomic E-state index is -0.616. The molecule has 0 aromatic heterocycles. The van der Waals surface area contributed by atoms with E-state index in [1.54, 1.807) is 0 Å². The third-order valence-electron chi connectivity index (χ3n) is 5.04. The number of rotatable bonds is 5. The van der Waals surface area contributed by atoms with Crippen molar-refractivity contribution in [3.63, 3.8) is 0 Å². The monoisotopic (exact) mass is 355 g/mol. The Morgan fingerprint density at radius 3 is 2.52 bits per heavy atom. The van der Waals surface area contributed by atoms with Gasteiger partial charge in [0.05, 0.1) is 19.8 Å². The van der Waals surface area contributed by atoms with Crippen LogP contribution >= 0.6 is 0 Å². The second-order valence-electron chi connectivity index (χ2n) is 6.94. The van der Waals surface area contributed by atoms with Crippen LogP contribution in [-0.4, -0.2) is 81.1 Å². The van der Waals surface area contributed by atoms with E-state index in [0.29, 0.717) is 19.7 Å². The Kier molecular flexibility index (Phi) is 6.63. The summed E-state index contributed by atoms with van der Waals surface area (Å²) in [6, 6.07) is 0. The Bertz CT molecular complexity index is 461. The molecule has 1 atom stereocenters. The van der Waals surface area contributed by atoms with E-state index in [2.05, 4.69) is 15.5 Å². The van der Waals surface area contributed by atoms with Crippen molar-refractivity contribution in [3.05, 3.63) is 0 Å². The first kappa shape index (κ1) is 18.6. The Morgan fingerprint density at radius 1 is 1.04 bits per heavy atom. The van der Waals surface area contributed by atoms with E-state index in [0.717, 1.165) is 58.5 Å². The van der Waals surface area contributed by atoms with E-state index in [4.69, 9.17) is 14.2 Å². The number of hydrogen-bond acceptors (Lipinski definition) is 6. The van der Waals surface area contributed by atoms with Crippen LogP contribution in [0.25, 0.3) is 0 Å². The van der Waals surface area contributed by atoms with Crippen molar-refractivity contribution in [2.45, 2.75) is 44.0 Å². The van der Waals surface area contributed by atoms with E-state index < -0.39 is 17.6 Å². The molecule has 3 fully saturated rings. The topological polar surface area (TPSA) is 89.1 Å². The van der Waals surface area contributed by atoms with Gasteiger partial charge in [0, 0.05) is 45.6 Å². The van der Waals surface area contributed by atoms with E-state index in [1.807, 2.05) is 0 Å². The largest absolute Gasteiger partial charge is 0.379 e. The summed E-state index contributed by atoms with van der Waals surface area (Å²) in [5.74, 6) is -1.66. The van der Waals surface area contributed by atoms with Crippen molar-refractivity contribution in [3.8, 4) is 0 Å². The zero-order valence-electron chi connectivity index (χ0n) is 14.8. The summed E-state index contributed by atoms with van der Waals surface area (Å²) in [4.78, 5) is 25.9. The highest BCUT2D eigenvalue weighted by molar-refractivity contribution is 6.35. The number of nitrogens with zero attached hydrogens (tertiary/aromatic N) is 1. The lowest BCUT2D eigenvalue weighted by Gasteiger charge is -2.31. The van der Waals surface area contributed by atoms with Crippen molar-refractivity contribution in [1.29, 1.82) is 0 Å². The number of ether oxygens (including phenoxy) is 3. The molecule has 0 aromatic rings. The Hall–Kier alpha value is -1.22. The molecule has 25 heavy (non-hydrogen) atoms. The van der Waals surface area contributed by atoms with Crippen LogP contribution in [0, 0.1) is 0 Å². The van der Waals surface area contributed by atoms with E-state index >= 15 is 0 Å². The molecule has 1 aliphatic carbocycles. The quantitative estimate of drug-likeness (QED) is 0.654. The summed E-state index contributed by atoms with van der Waals surface area (Å²) in [5.41, 5.74) is 0. The average molecular weight is 355 g/mol. The fourth-order valence-electron chi connectivity index (χ4n) is 3.59. The van der Waals surface area contributed by atoms with Gasteiger partial charge in [0.15, 0.2) is 5.79 Å². The average Bonchev–Trinajstić information content (AvgIpc) is 3.03. The van der Waals surface area contributed by atoms with Gasteiger partial charge in [0.1, 0.15) is 6.10 Å².